The second kappa shape index (κ2) is 32.6. The van der Waals surface area contributed by atoms with E-state index in [-0.39, 0.29) is 12.0 Å². The molecule has 1 aliphatic heterocycles. The fraction of sp³-hybridized carbons (Fsp3) is 0.559. The summed E-state index contributed by atoms with van der Waals surface area (Å²) in [5.74, 6) is -0.0496. The number of likely N-dealkylation sites (tertiary alicyclic amines) is 1. The van der Waals surface area contributed by atoms with Gasteiger partial charge in [0.05, 0.1) is 12.1 Å². The fourth-order valence-electron chi connectivity index (χ4n) is 4.02. The van der Waals surface area contributed by atoms with E-state index >= 15 is 0 Å². The molecule has 240 valence electrons. The molecule has 8 nitrogen and oxygen atoms in total. The summed E-state index contributed by atoms with van der Waals surface area (Å²) < 4.78 is 0. The van der Waals surface area contributed by atoms with Crippen LogP contribution in [0.2, 0.25) is 0 Å². The maximum absolute atomic E-state index is 10.9. The second-order valence-electron chi connectivity index (χ2n) is 9.74. The van der Waals surface area contributed by atoms with Crippen LogP contribution in [0.3, 0.4) is 0 Å². The first-order valence-corrected chi connectivity index (χ1v) is 15.0. The molecule has 1 fully saturated rings. The molecule has 0 spiro atoms. The molecule has 0 aliphatic carbocycles. The molecule has 0 aromatic carbocycles. The summed E-state index contributed by atoms with van der Waals surface area (Å²) in [5.41, 5.74) is 12.9. The van der Waals surface area contributed by atoms with Crippen LogP contribution in [-0.4, -0.2) is 76.2 Å². The number of carbonyl (C=O) groups is 3. The Bertz CT molecular complexity index is 820. The molecule has 0 radical (unpaired) electrons. The van der Waals surface area contributed by atoms with Crippen molar-refractivity contribution in [3.05, 3.63) is 72.9 Å². The summed E-state index contributed by atoms with van der Waals surface area (Å²) in [5, 5.41) is 5.62. The van der Waals surface area contributed by atoms with Crippen LogP contribution in [0.5, 0.6) is 0 Å². The van der Waals surface area contributed by atoms with E-state index in [1.165, 1.54) is 18.2 Å². The van der Waals surface area contributed by atoms with E-state index in [1.807, 2.05) is 38.4 Å². The molecular formula is C34H61N5O3. The molecular weight excluding hydrogens is 526 g/mol. The van der Waals surface area contributed by atoms with Crippen molar-refractivity contribution in [1.82, 2.24) is 15.5 Å². The van der Waals surface area contributed by atoms with Crippen LogP contribution in [-0.2, 0) is 14.4 Å². The van der Waals surface area contributed by atoms with Gasteiger partial charge in [-0.25, -0.2) is 0 Å². The average molecular weight is 588 g/mol. The van der Waals surface area contributed by atoms with E-state index in [2.05, 4.69) is 73.4 Å². The Labute approximate surface area is 257 Å². The summed E-state index contributed by atoms with van der Waals surface area (Å²) in [6, 6.07) is -0.153. The molecule has 4 atom stereocenters. The van der Waals surface area contributed by atoms with Crippen LogP contribution in [0.15, 0.2) is 72.9 Å². The van der Waals surface area contributed by atoms with Gasteiger partial charge in [0.2, 0.25) is 6.41 Å². The van der Waals surface area contributed by atoms with E-state index in [4.69, 9.17) is 5.73 Å². The Balaban J connectivity index is -0.000000574. The van der Waals surface area contributed by atoms with Gasteiger partial charge in [-0.3, -0.25) is 9.69 Å². The third-order valence-electron chi connectivity index (χ3n) is 6.94. The van der Waals surface area contributed by atoms with Crippen molar-refractivity contribution in [2.75, 3.05) is 34.2 Å². The Morgan fingerprint density at radius 2 is 1.76 bits per heavy atom. The van der Waals surface area contributed by atoms with Crippen molar-refractivity contribution in [1.29, 1.82) is 0 Å². The van der Waals surface area contributed by atoms with Gasteiger partial charge < -0.3 is 31.7 Å². The second-order valence-corrected chi connectivity index (χ2v) is 9.74. The van der Waals surface area contributed by atoms with Gasteiger partial charge in [-0.15, -0.1) is 0 Å². The topological polar surface area (TPSA) is 131 Å². The Morgan fingerprint density at radius 1 is 1.07 bits per heavy atom. The molecule has 42 heavy (non-hydrogen) atoms. The highest BCUT2D eigenvalue weighted by Gasteiger charge is 2.31. The highest BCUT2D eigenvalue weighted by molar-refractivity contribution is 5.64. The van der Waals surface area contributed by atoms with Crippen LogP contribution >= 0.6 is 0 Å². The van der Waals surface area contributed by atoms with Gasteiger partial charge in [0, 0.05) is 6.04 Å². The lowest BCUT2D eigenvalue weighted by Crippen LogP contribution is -2.41. The number of nitrogens with one attached hydrogen (secondary N) is 2. The van der Waals surface area contributed by atoms with Gasteiger partial charge in [0.25, 0.3) is 0 Å². The molecule has 1 aliphatic rings. The lowest BCUT2D eigenvalue weighted by atomic mass is 9.93. The molecule has 0 aromatic heterocycles. The van der Waals surface area contributed by atoms with Crippen molar-refractivity contribution >= 4 is 19.0 Å². The van der Waals surface area contributed by atoms with Gasteiger partial charge >= 0.3 is 0 Å². The summed E-state index contributed by atoms with van der Waals surface area (Å²) in [6.45, 7) is 15.1. The van der Waals surface area contributed by atoms with Crippen molar-refractivity contribution in [2.24, 2.45) is 17.4 Å². The zero-order chi connectivity index (χ0) is 32.6. The Kier molecular flexibility index (Phi) is 33.8. The molecule has 6 N–H and O–H groups in total. The molecule has 0 aromatic rings. The van der Waals surface area contributed by atoms with Crippen LogP contribution in [0.1, 0.15) is 65.7 Å². The number of hydrogen-bond donors (Lipinski definition) is 4. The van der Waals surface area contributed by atoms with Gasteiger partial charge in [-0.05, 0) is 97.6 Å². The van der Waals surface area contributed by atoms with E-state index in [1.54, 1.807) is 6.08 Å². The van der Waals surface area contributed by atoms with Crippen LogP contribution in [0.25, 0.3) is 0 Å². The number of nitrogens with two attached hydrogens (primary N) is 2. The first-order chi connectivity index (χ1) is 20.3. The van der Waals surface area contributed by atoms with Crippen molar-refractivity contribution in [2.45, 2.75) is 83.8 Å². The molecule has 1 rings (SSSR count). The largest absolute Gasteiger partial charge is 0.349 e. The summed E-state index contributed by atoms with van der Waals surface area (Å²) >= 11 is 0. The maximum atomic E-state index is 10.9. The fourth-order valence-corrected chi connectivity index (χ4v) is 4.02. The first kappa shape index (κ1) is 43.5. The zero-order valence-corrected chi connectivity index (χ0v) is 27.3. The molecule has 1 amide bonds. The number of carbonyl (C=O) groups excluding carboxylic acids is 3. The molecule has 0 bridgehead atoms. The molecule has 8 heteroatoms. The van der Waals surface area contributed by atoms with Crippen LogP contribution in [0.4, 0.5) is 0 Å². The molecule has 4 unspecified atom stereocenters. The number of allylic oxidation sites excluding steroid dienone is 9. The number of rotatable bonds is 18. The van der Waals surface area contributed by atoms with Gasteiger partial charge in [-0.2, -0.15) is 0 Å². The highest BCUT2D eigenvalue weighted by Crippen LogP contribution is 2.26. The molecule has 0 saturated carbocycles. The number of likely N-dealkylation sites (N-methyl/N-ethyl adjacent to an activating group) is 1. The van der Waals surface area contributed by atoms with Crippen molar-refractivity contribution in [3.63, 3.8) is 0 Å². The van der Waals surface area contributed by atoms with E-state index in [0.29, 0.717) is 19.0 Å². The number of nitrogens with zero attached hydrogens (tertiary/aromatic N) is 1. The third-order valence-corrected chi connectivity index (χ3v) is 6.94. The predicted octanol–water partition coefficient (Wildman–Crippen LogP) is 4.65. The lowest BCUT2D eigenvalue weighted by molar-refractivity contribution is -0.116. The van der Waals surface area contributed by atoms with Crippen molar-refractivity contribution < 1.29 is 14.4 Å². The van der Waals surface area contributed by atoms with Crippen LogP contribution < -0.4 is 22.1 Å². The summed E-state index contributed by atoms with van der Waals surface area (Å²) in [7, 11) is 5.42. The van der Waals surface area contributed by atoms with Gasteiger partial charge in [0.1, 0.15) is 12.6 Å². The van der Waals surface area contributed by atoms with E-state index < -0.39 is 6.04 Å². The Hall–Kier alpha value is -2.91. The normalized spacial score (nSPS) is 18.4. The monoisotopic (exact) mass is 587 g/mol. The quantitative estimate of drug-likeness (QED) is 0.136. The van der Waals surface area contributed by atoms with Crippen LogP contribution in [0, 0.1) is 5.92 Å². The van der Waals surface area contributed by atoms with E-state index in [0.717, 1.165) is 64.1 Å². The van der Waals surface area contributed by atoms with Gasteiger partial charge in [0.15, 0.2) is 0 Å². The standard InChI is InChI=1S/C13H23N3O3.C12H21N.C8H12.CH5N/c1-16-11(4-5-12(16)7-17)3-2-10(6-14)13(8-18)15-9-19;1-5-11(3)7-8-12(6-2)9-10-13-4;1-3-5-7-8-6-4-2;1-2/h7-13H,2-6,14H2,1H3,(H,15,19);6-8,13H,2,5,9-10H2,1,3-4H3;3,5-8H,1,4H2,2H3;2H2,1H3/b;11-7+,12-8+;7-5-,8-6-;. The molecule has 1 saturated heterocycles. The zero-order valence-electron chi connectivity index (χ0n) is 27.3. The number of amides is 1. The SMILES string of the molecule is C=C/C(=C\C=C(/C)CC)CCNC.C=C/C=C\C=C/CC.CN.CN1C(C=O)CCC1CCC(CN)C(C=O)NC=O. The maximum Gasteiger partial charge on any atom is 0.207 e. The highest BCUT2D eigenvalue weighted by atomic mass is 16.1. The minimum Gasteiger partial charge on any atom is -0.349 e. The first-order valence-electron chi connectivity index (χ1n) is 15.0. The summed E-state index contributed by atoms with van der Waals surface area (Å²) in [4.78, 5) is 34.3. The lowest BCUT2D eigenvalue weighted by Gasteiger charge is -2.26. The number of aldehydes is 2. The minimum absolute atomic E-state index is 0.0105. The Morgan fingerprint density at radius 3 is 2.21 bits per heavy atom. The van der Waals surface area contributed by atoms with Crippen molar-refractivity contribution in [3.8, 4) is 0 Å². The number of hydrogen-bond acceptors (Lipinski definition) is 7. The smallest absolute Gasteiger partial charge is 0.207 e. The average Bonchev–Trinajstić information content (AvgIpc) is 3.39. The third kappa shape index (κ3) is 22.7. The van der Waals surface area contributed by atoms with Gasteiger partial charge in [-0.1, -0.05) is 81.2 Å². The summed E-state index contributed by atoms with van der Waals surface area (Å²) in [6.07, 6.45) is 25.1. The van der Waals surface area contributed by atoms with E-state index in [9.17, 15) is 14.4 Å². The minimum atomic E-state index is -0.518. The molecule has 1 heterocycles. The predicted molar refractivity (Wildman–Crippen MR) is 181 cm³/mol.